The van der Waals surface area contributed by atoms with Gasteiger partial charge in [0.05, 0.1) is 9.85 Å². The maximum atomic E-state index is 14.0. The molecule has 2 aromatic carbocycles. The molecule has 0 aromatic heterocycles. The summed E-state index contributed by atoms with van der Waals surface area (Å²) >= 11 is 18.7. The summed E-state index contributed by atoms with van der Waals surface area (Å²) < 4.78 is 14.6. The number of alkyl halides is 1. The maximum Gasteiger partial charge on any atom is 0.129 e. The van der Waals surface area contributed by atoms with Crippen molar-refractivity contribution in [1.82, 2.24) is 0 Å². The van der Waals surface area contributed by atoms with Gasteiger partial charge in [-0.25, -0.2) is 4.39 Å². The van der Waals surface area contributed by atoms with E-state index in [-0.39, 0.29) is 10.6 Å². The maximum absolute atomic E-state index is 14.0. The second kappa shape index (κ2) is 6.13. The highest BCUT2D eigenvalue weighted by molar-refractivity contribution is 9.10. The fourth-order valence-electron chi connectivity index (χ4n) is 1.78. The minimum atomic E-state index is -0.322. The predicted octanol–water partition coefficient (Wildman–Crippen LogP) is 6.69. The second-order valence-corrected chi connectivity index (χ2v) is 6.76. The zero-order valence-corrected chi connectivity index (χ0v) is 14.5. The largest absolute Gasteiger partial charge is 0.207 e. The van der Waals surface area contributed by atoms with Gasteiger partial charge in [0.25, 0.3) is 0 Å². The Labute approximate surface area is 138 Å². The molecule has 0 aliphatic heterocycles. The van der Waals surface area contributed by atoms with Gasteiger partial charge in [0.1, 0.15) is 5.82 Å². The van der Waals surface area contributed by atoms with Crippen molar-refractivity contribution >= 4 is 55.1 Å². The van der Waals surface area contributed by atoms with Crippen LogP contribution in [-0.2, 0) is 0 Å². The number of aryl methyl sites for hydroxylation is 1. The van der Waals surface area contributed by atoms with Crippen LogP contribution in [0.4, 0.5) is 4.39 Å². The lowest BCUT2D eigenvalue weighted by molar-refractivity contribution is 0.612. The van der Waals surface area contributed by atoms with Crippen molar-refractivity contribution in [3.63, 3.8) is 0 Å². The van der Waals surface area contributed by atoms with E-state index < -0.39 is 0 Å². The van der Waals surface area contributed by atoms with Gasteiger partial charge in [0, 0.05) is 15.1 Å². The third-order valence-electron chi connectivity index (χ3n) is 2.83. The summed E-state index contributed by atoms with van der Waals surface area (Å²) in [7, 11) is 0. The molecule has 0 N–H and O–H groups in total. The second-order valence-electron chi connectivity index (χ2n) is 4.15. The summed E-state index contributed by atoms with van der Waals surface area (Å²) in [6.45, 7) is 1.96. The zero-order valence-electron chi connectivity index (χ0n) is 9.85. The molecule has 2 rings (SSSR count). The molecule has 0 radical (unpaired) electrons. The van der Waals surface area contributed by atoms with Gasteiger partial charge in [-0.1, -0.05) is 45.2 Å². The van der Waals surface area contributed by atoms with E-state index in [1.807, 2.05) is 25.1 Å². The topological polar surface area (TPSA) is 0 Å². The minimum Gasteiger partial charge on any atom is -0.207 e. The van der Waals surface area contributed by atoms with Crippen LogP contribution >= 0.6 is 55.1 Å². The lowest BCUT2D eigenvalue weighted by Gasteiger charge is -2.15. The quantitative estimate of drug-likeness (QED) is 0.370. The lowest BCUT2D eigenvalue weighted by atomic mass is 10.00. The van der Waals surface area contributed by atoms with E-state index in [1.165, 1.54) is 6.07 Å². The molecule has 0 aliphatic rings. The number of hydrogen-bond acceptors (Lipinski definition) is 0. The van der Waals surface area contributed by atoms with Crippen LogP contribution in [0.5, 0.6) is 0 Å². The van der Waals surface area contributed by atoms with Crippen LogP contribution in [0.1, 0.15) is 21.5 Å². The lowest BCUT2D eigenvalue weighted by Crippen LogP contribution is -1.99. The third-order valence-corrected chi connectivity index (χ3v) is 5.25. The zero-order chi connectivity index (χ0) is 14.2. The molecule has 0 fully saturated rings. The van der Waals surface area contributed by atoms with Crippen molar-refractivity contribution in [2.45, 2.75) is 11.8 Å². The molecular weight excluding hydrogens is 418 g/mol. The number of halogens is 5. The highest BCUT2D eigenvalue weighted by atomic mass is 79.9. The molecule has 2 aromatic rings. The van der Waals surface area contributed by atoms with Gasteiger partial charge in [-0.2, -0.15) is 0 Å². The standard InChI is InChI=1S/C14H9Br2Cl2F/c1-7-2-3-8(17)4-9(7)14(16)10-5-12(18)11(15)6-13(10)19/h2-6,14H,1H3. The number of hydrogen-bond donors (Lipinski definition) is 0. The summed E-state index contributed by atoms with van der Waals surface area (Å²) in [5, 5.41) is 1.09. The Kier molecular flexibility index (Phi) is 4.93. The Balaban J connectivity index is 2.52. The first-order chi connectivity index (χ1) is 8.90. The van der Waals surface area contributed by atoms with E-state index in [1.54, 1.807) is 6.07 Å². The van der Waals surface area contributed by atoms with Crippen molar-refractivity contribution in [2.75, 3.05) is 0 Å². The Morgan fingerprint density at radius 2 is 1.79 bits per heavy atom. The highest BCUT2D eigenvalue weighted by Crippen LogP contribution is 2.38. The fourth-order valence-corrected chi connectivity index (χ4v) is 3.30. The first-order valence-corrected chi connectivity index (χ1v) is 7.91. The first-order valence-electron chi connectivity index (χ1n) is 5.44. The van der Waals surface area contributed by atoms with Crippen LogP contribution in [0.3, 0.4) is 0 Å². The molecule has 0 spiro atoms. The van der Waals surface area contributed by atoms with Crippen LogP contribution in [0, 0.1) is 12.7 Å². The van der Waals surface area contributed by atoms with Gasteiger partial charge in [-0.05, 0) is 58.2 Å². The van der Waals surface area contributed by atoms with Crippen molar-refractivity contribution in [2.24, 2.45) is 0 Å². The summed E-state index contributed by atoms with van der Waals surface area (Å²) in [6.07, 6.45) is 0. The molecule has 5 heteroatoms. The molecule has 0 saturated heterocycles. The van der Waals surface area contributed by atoms with Crippen LogP contribution < -0.4 is 0 Å². The predicted molar refractivity (Wildman–Crippen MR) is 86.1 cm³/mol. The van der Waals surface area contributed by atoms with Gasteiger partial charge in [0.15, 0.2) is 0 Å². The van der Waals surface area contributed by atoms with Crippen LogP contribution in [0.2, 0.25) is 10.0 Å². The van der Waals surface area contributed by atoms with Gasteiger partial charge >= 0.3 is 0 Å². The average molecular weight is 427 g/mol. The number of benzene rings is 2. The van der Waals surface area contributed by atoms with Gasteiger partial charge < -0.3 is 0 Å². The van der Waals surface area contributed by atoms with Crippen LogP contribution in [0.25, 0.3) is 0 Å². The summed E-state index contributed by atoms with van der Waals surface area (Å²) in [5.41, 5.74) is 2.44. The van der Waals surface area contributed by atoms with E-state index in [0.29, 0.717) is 20.1 Å². The minimum absolute atomic E-state index is 0.295. The smallest absolute Gasteiger partial charge is 0.129 e. The van der Waals surface area contributed by atoms with Crippen LogP contribution in [0.15, 0.2) is 34.8 Å². The summed E-state index contributed by atoms with van der Waals surface area (Å²) in [4.78, 5) is -0.295. The van der Waals surface area contributed by atoms with E-state index >= 15 is 0 Å². The molecule has 0 saturated carbocycles. The Bertz CT molecular complexity index is 629. The molecule has 0 amide bonds. The van der Waals surface area contributed by atoms with Gasteiger partial charge in [0.2, 0.25) is 0 Å². The van der Waals surface area contributed by atoms with Crippen molar-refractivity contribution < 1.29 is 4.39 Å². The molecule has 19 heavy (non-hydrogen) atoms. The SMILES string of the molecule is Cc1ccc(Cl)cc1C(Br)c1cc(Cl)c(Br)cc1F. The average Bonchev–Trinajstić information content (AvgIpc) is 2.36. The Morgan fingerprint density at radius 1 is 1.11 bits per heavy atom. The fraction of sp³-hybridized carbons (Fsp3) is 0.143. The van der Waals surface area contributed by atoms with Crippen molar-refractivity contribution in [3.8, 4) is 0 Å². The molecule has 0 nitrogen and oxygen atoms in total. The number of rotatable bonds is 2. The monoisotopic (exact) mass is 424 g/mol. The summed E-state index contributed by atoms with van der Waals surface area (Å²) in [6, 6.07) is 8.52. The van der Waals surface area contributed by atoms with Gasteiger partial charge in [-0.3, -0.25) is 0 Å². The molecule has 1 unspecified atom stereocenters. The molecule has 0 heterocycles. The molecule has 100 valence electrons. The first kappa shape index (κ1) is 15.3. The van der Waals surface area contributed by atoms with Crippen LogP contribution in [-0.4, -0.2) is 0 Å². The van der Waals surface area contributed by atoms with Gasteiger partial charge in [-0.15, -0.1) is 0 Å². The molecule has 1 atom stereocenters. The van der Waals surface area contributed by atoms with Crippen molar-refractivity contribution in [1.29, 1.82) is 0 Å². The normalized spacial score (nSPS) is 12.5. The Morgan fingerprint density at radius 3 is 2.47 bits per heavy atom. The molecule has 0 bridgehead atoms. The van der Waals surface area contributed by atoms with E-state index in [0.717, 1.165) is 11.1 Å². The summed E-state index contributed by atoms with van der Waals surface area (Å²) in [5.74, 6) is -0.322. The third kappa shape index (κ3) is 3.33. The van der Waals surface area contributed by atoms with Crippen molar-refractivity contribution in [3.05, 3.63) is 67.4 Å². The van der Waals surface area contributed by atoms with E-state index in [2.05, 4.69) is 31.9 Å². The highest BCUT2D eigenvalue weighted by Gasteiger charge is 2.18. The van der Waals surface area contributed by atoms with E-state index in [9.17, 15) is 4.39 Å². The van der Waals surface area contributed by atoms with E-state index in [4.69, 9.17) is 23.2 Å². The molecular formula is C14H9Br2Cl2F. The molecule has 0 aliphatic carbocycles. The Hall–Kier alpha value is -0.0900.